The third-order valence-electron chi connectivity index (χ3n) is 3.39. The molecule has 0 amide bonds. The number of aromatic hydroxyl groups is 2. The molecule has 1 heterocycles. The zero-order valence-corrected chi connectivity index (χ0v) is 11.7. The van der Waals surface area contributed by atoms with Gasteiger partial charge in [-0.2, -0.15) is 13.2 Å². The van der Waals surface area contributed by atoms with E-state index in [0.29, 0.717) is 12.1 Å². The van der Waals surface area contributed by atoms with Crippen molar-refractivity contribution in [1.82, 2.24) is 0 Å². The van der Waals surface area contributed by atoms with Crippen LogP contribution in [-0.2, 0) is 6.18 Å². The molecule has 8 heteroatoms. The number of alkyl halides is 3. The van der Waals surface area contributed by atoms with Gasteiger partial charge in [0.2, 0.25) is 11.5 Å². The number of fused-ring (bicyclic) bond motifs is 1. The molecule has 0 unspecified atom stereocenters. The minimum atomic E-state index is -4.82. The quantitative estimate of drug-likeness (QED) is 0.470. The van der Waals surface area contributed by atoms with Crippen LogP contribution in [0.4, 0.5) is 17.6 Å². The molecule has 0 spiro atoms. The van der Waals surface area contributed by atoms with Gasteiger partial charge in [-0.05, 0) is 35.9 Å². The van der Waals surface area contributed by atoms with E-state index in [4.69, 9.17) is 4.74 Å². The molecule has 0 saturated heterocycles. The maximum atomic E-state index is 13.5. The number of phenolic OH excluding ortho intramolecular Hbond substituents is 2. The normalized spacial score (nSPS) is 15.5. The number of carbonyl (C=O) groups is 1. The Morgan fingerprint density at radius 2 is 1.79 bits per heavy atom. The van der Waals surface area contributed by atoms with Gasteiger partial charge >= 0.3 is 6.18 Å². The van der Waals surface area contributed by atoms with E-state index in [9.17, 15) is 32.6 Å². The minimum Gasteiger partial charge on any atom is -0.504 e. The second-order valence-electron chi connectivity index (χ2n) is 4.99. The fourth-order valence-corrected chi connectivity index (χ4v) is 2.23. The van der Waals surface area contributed by atoms with Crippen molar-refractivity contribution >= 4 is 11.9 Å². The Morgan fingerprint density at radius 3 is 2.42 bits per heavy atom. The topological polar surface area (TPSA) is 66.8 Å². The van der Waals surface area contributed by atoms with Gasteiger partial charge in [-0.15, -0.1) is 0 Å². The Labute approximate surface area is 132 Å². The number of rotatable bonds is 1. The molecule has 0 radical (unpaired) electrons. The summed E-state index contributed by atoms with van der Waals surface area (Å²) in [5.74, 6) is -3.85. The molecule has 124 valence electrons. The Hall–Kier alpha value is -3.03. The summed E-state index contributed by atoms with van der Waals surface area (Å²) < 4.78 is 56.2. The van der Waals surface area contributed by atoms with Crippen molar-refractivity contribution in [2.75, 3.05) is 0 Å². The average Bonchev–Trinajstić information content (AvgIpc) is 2.79. The zero-order chi connectivity index (χ0) is 17.6. The first-order valence-electron chi connectivity index (χ1n) is 6.54. The first kappa shape index (κ1) is 15.9. The van der Waals surface area contributed by atoms with Gasteiger partial charge in [0.05, 0.1) is 11.1 Å². The summed E-state index contributed by atoms with van der Waals surface area (Å²) in [6.07, 6.45) is -3.78. The summed E-state index contributed by atoms with van der Waals surface area (Å²) in [5, 5.41) is 19.0. The minimum absolute atomic E-state index is 0.0241. The molecule has 0 aromatic heterocycles. The highest BCUT2D eigenvalue weighted by molar-refractivity contribution is 6.15. The van der Waals surface area contributed by atoms with Crippen LogP contribution in [-0.4, -0.2) is 16.0 Å². The van der Waals surface area contributed by atoms with E-state index in [1.54, 1.807) is 0 Å². The molecule has 0 saturated carbocycles. The van der Waals surface area contributed by atoms with Gasteiger partial charge in [0.1, 0.15) is 5.82 Å². The first-order valence-corrected chi connectivity index (χ1v) is 6.54. The van der Waals surface area contributed by atoms with E-state index in [0.717, 1.165) is 18.2 Å². The van der Waals surface area contributed by atoms with Crippen LogP contribution in [0.2, 0.25) is 0 Å². The molecule has 0 fully saturated rings. The van der Waals surface area contributed by atoms with E-state index in [2.05, 4.69) is 0 Å². The fourth-order valence-electron chi connectivity index (χ4n) is 2.23. The molecule has 0 aliphatic carbocycles. The van der Waals surface area contributed by atoms with E-state index >= 15 is 0 Å². The molecule has 4 nitrogen and oxygen atoms in total. The molecular formula is C16H8F4O4. The summed E-state index contributed by atoms with van der Waals surface area (Å²) in [4.78, 5) is 12.1. The van der Waals surface area contributed by atoms with Crippen molar-refractivity contribution in [3.05, 3.63) is 58.6 Å². The number of hydrogen-bond donors (Lipinski definition) is 2. The van der Waals surface area contributed by atoms with Crippen LogP contribution < -0.4 is 4.74 Å². The predicted octanol–water partition coefficient (Wildman–Crippen LogP) is 3.87. The number of hydrogen-bond acceptors (Lipinski definition) is 4. The molecular weight excluding hydrogens is 332 g/mol. The Morgan fingerprint density at radius 1 is 1.08 bits per heavy atom. The lowest BCUT2D eigenvalue weighted by atomic mass is 10.1. The molecule has 1 aliphatic heterocycles. The maximum Gasteiger partial charge on any atom is 0.419 e. The van der Waals surface area contributed by atoms with Crippen LogP contribution in [0.5, 0.6) is 17.2 Å². The third kappa shape index (κ3) is 2.55. The highest BCUT2D eigenvalue weighted by Crippen LogP contribution is 2.44. The smallest absolute Gasteiger partial charge is 0.419 e. The number of carbonyl (C=O) groups excluding carboxylic acids is 1. The highest BCUT2D eigenvalue weighted by atomic mass is 19.4. The van der Waals surface area contributed by atoms with Gasteiger partial charge in [0.25, 0.3) is 0 Å². The van der Waals surface area contributed by atoms with Crippen LogP contribution >= 0.6 is 0 Å². The van der Waals surface area contributed by atoms with Crippen molar-refractivity contribution < 1.29 is 37.3 Å². The summed E-state index contributed by atoms with van der Waals surface area (Å²) in [6.45, 7) is 0. The fraction of sp³-hybridized carbons (Fsp3) is 0.0625. The standard InChI is InChI=1S/C16H8F4O4/c17-10-5-7(1-3-9(10)16(18,19)20)6-12-13(22)8-2-4-11(21)14(23)15(8)24-12/h1-6,21,23H/b12-6-. The number of ether oxygens (including phenoxy) is 1. The largest absolute Gasteiger partial charge is 0.504 e. The van der Waals surface area contributed by atoms with Crippen molar-refractivity contribution in [2.24, 2.45) is 0 Å². The number of allylic oxidation sites excluding steroid dienone is 1. The number of benzene rings is 2. The van der Waals surface area contributed by atoms with E-state index in [-0.39, 0.29) is 22.6 Å². The summed E-state index contributed by atoms with van der Waals surface area (Å²) >= 11 is 0. The summed E-state index contributed by atoms with van der Waals surface area (Å²) in [5.41, 5.74) is -1.47. The van der Waals surface area contributed by atoms with Crippen LogP contribution in [0.3, 0.4) is 0 Å². The van der Waals surface area contributed by atoms with Gasteiger partial charge in [-0.1, -0.05) is 6.07 Å². The first-order chi connectivity index (χ1) is 11.2. The van der Waals surface area contributed by atoms with E-state index in [1.807, 2.05) is 0 Å². The third-order valence-corrected chi connectivity index (χ3v) is 3.39. The number of Topliss-reactive ketones (excluding diaryl/α,β-unsaturated/α-hetero) is 1. The second-order valence-corrected chi connectivity index (χ2v) is 4.99. The van der Waals surface area contributed by atoms with E-state index in [1.165, 1.54) is 6.07 Å². The zero-order valence-electron chi connectivity index (χ0n) is 11.7. The lowest BCUT2D eigenvalue weighted by molar-refractivity contribution is -0.140. The number of ketones is 1. The van der Waals surface area contributed by atoms with Crippen molar-refractivity contribution in [3.8, 4) is 17.2 Å². The van der Waals surface area contributed by atoms with Gasteiger partial charge < -0.3 is 14.9 Å². The summed E-state index contributed by atoms with van der Waals surface area (Å²) in [6, 6.07) is 4.47. The van der Waals surface area contributed by atoms with Gasteiger partial charge in [0, 0.05) is 0 Å². The summed E-state index contributed by atoms with van der Waals surface area (Å²) in [7, 11) is 0. The molecule has 2 N–H and O–H groups in total. The van der Waals surface area contributed by atoms with E-state index < -0.39 is 34.8 Å². The van der Waals surface area contributed by atoms with Gasteiger partial charge in [0.15, 0.2) is 17.3 Å². The Bertz CT molecular complexity index is 884. The lowest BCUT2D eigenvalue weighted by Crippen LogP contribution is -2.08. The molecule has 1 aliphatic rings. The van der Waals surface area contributed by atoms with Crippen molar-refractivity contribution in [3.63, 3.8) is 0 Å². The van der Waals surface area contributed by atoms with Gasteiger partial charge in [-0.25, -0.2) is 4.39 Å². The van der Waals surface area contributed by atoms with Crippen LogP contribution in [0.15, 0.2) is 36.1 Å². The van der Waals surface area contributed by atoms with Crippen LogP contribution in [0, 0.1) is 5.82 Å². The number of halogens is 4. The lowest BCUT2D eigenvalue weighted by Gasteiger charge is -2.08. The maximum absolute atomic E-state index is 13.5. The second kappa shape index (κ2) is 5.26. The van der Waals surface area contributed by atoms with Crippen LogP contribution in [0.25, 0.3) is 6.08 Å². The molecule has 2 aromatic rings. The van der Waals surface area contributed by atoms with Crippen LogP contribution in [0.1, 0.15) is 21.5 Å². The monoisotopic (exact) mass is 340 g/mol. The SMILES string of the molecule is O=C1/C(=C/c2ccc(C(F)(F)F)c(F)c2)Oc2c1ccc(O)c2O. The van der Waals surface area contributed by atoms with Gasteiger partial charge in [-0.3, -0.25) is 4.79 Å². The average molecular weight is 340 g/mol. The molecule has 3 rings (SSSR count). The molecule has 24 heavy (non-hydrogen) atoms. The highest BCUT2D eigenvalue weighted by Gasteiger charge is 2.34. The van der Waals surface area contributed by atoms with Crippen molar-refractivity contribution in [2.45, 2.75) is 6.18 Å². The number of phenols is 2. The van der Waals surface area contributed by atoms with Crippen molar-refractivity contribution in [1.29, 1.82) is 0 Å². The molecule has 0 atom stereocenters. The Balaban J connectivity index is 1.98. The Kier molecular flexibility index (Phi) is 3.47. The molecule has 0 bridgehead atoms. The molecule has 2 aromatic carbocycles. The predicted molar refractivity (Wildman–Crippen MR) is 74.1 cm³/mol.